The van der Waals surface area contributed by atoms with Crippen LogP contribution in [0.15, 0.2) is 29.4 Å². The molecule has 0 bridgehead atoms. The Kier molecular flexibility index (Phi) is 11.0. The first-order valence-electron chi connectivity index (χ1n) is 11.0. The molecule has 1 atom stereocenters. The summed E-state index contributed by atoms with van der Waals surface area (Å²) in [6.07, 6.45) is 15.8. The van der Waals surface area contributed by atoms with E-state index in [9.17, 15) is 0 Å². The lowest BCUT2D eigenvalue weighted by Crippen LogP contribution is -2.41. The fourth-order valence-electron chi connectivity index (χ4n) is 3.68. The zero-order chi connectivity index (χ0) is 20.0. The van der Waals surface area contributed by atoms with Gasteiger partial charge in [0.05, 0.1) is 7.11 Å². The van der Waals surface area contributed by atoms with Crippen LogP contribution < -0.4 is 15.1 Å². The first kappa shape index (κ1) is 22.7. The zero-order valence-electron chi connectivity index (χ0n) is 17.7. The minimum absolute atomic E-state index is 0.0499. The van der Waals surface area contributed by atoms with Gasteiger partial charge in [0, 0.05) is 17.5 Å². The number of nitrogens with one attached hydrogen (secondary N) is 1. The van der Waals surface area contributed by atoms with E-state index in [1.165, 1.54) is 70.6 Å². The number of anilines is 1. The molecule has 156 valence electrons. The van der Waals surface area contributed by atoms with Crippen molar-refractivity contribution in [1.29, 1.82) is 0 Å². The Balaban J connectivity index is 1.66. The minimum Gasteiger partial charge on any atom is -0.497 e. The highest BCUT2D eigenvalue weighted by atomic mass is 32.1. The van der Waals surface area contributed by atoms with Gasteiger partial charge in [0.25, 0.3) is 0 Å². The molecule has 1 heterocycles. The molecule has 0 fully saturated rings. The zero-order valence-corrected chi connectivity index (χ0v) is 18.5. The van der Waals surface area contributed by atoms with E-state index in [2.05, 4.69) is 34.5 Å². The maximum atomic E-state index is 5.26. The number of nitrogens with zero attached hydrogens (tertiary/aromatic N) is 2. The van der Waals surface area contributed by atoms with E-state index >= 15 is 0 Å². The van der Waals surface area contributed by atoms with Crippen molar-refractivity contribution in [3.8, 4) is 5.75 Å². The lowest BCUT2D eigenvalue weighted by Gasteiger charge is -2.24. The van der Waals surface area contributed by atoms with Crippen molar-refractivity contribution in [1.82, 2.24) is 5.43 Å². The quantitative estimate of drug-likeness (QED) is 0.270. The number of amidine groups is 1. The number of hydrazone groups is 1. The molecular weight excluding hydrogens is 366 g/mol. The molecule has 1 aliphatic rings. The Bertz CT molecular complexity index is 588. The van der Waals surface area contributed by atoms with Gasteiger partial charge in [0.15, 0.2) is 0 Å². The standard InChI is InChI=1S/C23H37N3OS/c1-3-4-5-6-7-8-9-10-11-12-13-14-22-24-25-23(19-28)26(22)20-15-17-21(27-2)18-16-20/h15-19,23,25H,3-14H2,1-2H3. The van der Waals surface area contributed by atoms with Crippen LogP contribution in [0.25, 0.3) is 0 Å². The smallest absolute Gasteiger partial charge is 0.150 e. The van der Waals surface area contributed by atoms with Crippen molar-refractivity contribution in [3.05, 3.63) is 24.3 Å². The highest BCUT2D eigenvalue weighted by molar-refractivity contribution is 7.79. The predicted octanol–water partition coefficient (Wildman–Crippen LogP) is 6.45. The summed E-state index contributed by atoms with van der Waals surface area (Å²) in [7, 11) is 1.69. The van der Waals surface area contributed by atoms with E-state index in [1.807, 2.05) is 12.1 Å². The molecule has 0 spiro atoms. The van der Waals surface area contributed by atoms with Crippen LogP contribution >= 0.6 is 12.2 Å². The molecule has 2 rings (SSSR count). The van der Waals surface area contributed by atoms with Crippen molar-refractivity contribution in [3.63, 3.8) is 0 Å². The third-order valence-corrected chi connectivity index (χ3v) is 5.62. The van der Waals surface area contributed by atoms with Gasteiger partial charge in [-0.05, 0) is 30.7 Å². The Labute approximate surface area is 176 Å². The summed E-state index contributed by atoms with van der Waals surface area (Å²) in [5, 5.41) is 6.27. The highest BCUT2D eigenvalue weighted by Gasteiger charge is 2.26. The van der Waals surface area contributed by atoms with Crippen molar-refractivity contribution < 1.29 is 4.74 Å². The number of hydrogen-bond acceptors (Lipinski definition) is 5. The summed E-state index contributed by atoms with van der Waals surface area (Å²) in [6, 6.07) is 8.09. The first-order chi connectivity index (χ1) is 13.8. The van der Waals surface area contributed by atoms with Gasteiger partial charge in [0.2, 0.25) is 0 Å². The van der Waals surface area contributed by atoms with Crippen LogP contribution in [0.5, 0.6) is 5.75 Å². The molecular formula is C23H37N3OS. The van der Waals surface area contributed by atoms with Crippen LogP contribution in [-0.4, -0.2) is 24.5 Å². The summed E-state index contributed by atoms with van der Waals surface area (Å²) in [6.45, 7) is 2.28. The molecule has 0 amide bonds. The van der Waals surface area contributed by atoms with Gasteiger partial charge < -0.3 is 9.64 Å². The van der Waals surface area contributed by atoms with E-state index in [0.29, 0.717) is 0 Å². The second-order valence-corrected chi connectivity index (χ2v) is 7.86. The van der Waals surface area contributed by atoms with Crippen LogP contribution in [0.4, 0.5) is 5.69 Å². The number of hydrogen-bond donors (Lipinski definition) is 1. The average molecular weight is 404 g/mol. The third kappa shape index (κ3) is 7.42. The van der Waals surface area contributed by atoms with Crippen molar-refractivity contribution >= 4 is 29.1 Å². The topological polar surface area (TPSA) is 36.9 Å². The van der Waals surface area contributed by atoms with Gasteiger partial charge in [-0.15, -0.1) is 0 Å². The molecule has 1 aromatic carbocycles. The van der Waals surface area contributed by atoms with Gasteiger partial charge in [-0.2, -0.15) is 5.10 Å². The van der Waals surface area contributed by atoms with Gasteiger partial charge in [0.1, 0.15) is 17.8 Å². The van der Waals surface area contributed by atoms with E-state index < -0.39 is 0 Å². The van der Waals surface area contributed by atoms with E-state index in [4.69, 9.17) is 17.0 Å². The summed E-state index contributed by atoms with van der Waals surface area (Å²) < 4.78 is 5.26. The lowest BCUT2D eigenvalue weighted by molar-refractivity contribution is 0.415. The molecule has 0 aromatic heterocycles. The maximum absolute atomic E-state index is 5.26. The summed E-state index contributed by atoms with van der Waals surface area (Å²) in [5.74, 6) is 1.94. The van der Waals surface area contributed by atoms with Crippen LogP contribution in [0.3, 0.4) is 0 Å². The fraction of sp³-hybridized carbons (Fsp3) is 0.652. The van der Waals surface area contributed by atoms with Crippen LogP contribution in [0.2, 0.25) is 0 Å². The van der Waals surface area contributed by atoms with Gasteiger partial charge >= 0.3 is 0 Å². The lowest BCUT2D eigenvalue weighted by atomic mass is 10.0. The van der Waals surface area contributed by atoms with Crippen molar-refractivity contribution in [2.75, 3.05) is 12.0 Å². The number of methoxy groups -OCH3 is 1. The molecule has 5 heteroatoms. The van der Waals surface area contributed by atoms with E-state index in [0.717, 1.165) is 23.7 Å². The summed E-state index contributed by atoms with van der Waals surface area (Å²) in [5.41, 5.74) is 4.24. The van der Waals surface area contributed by atoms with Gasteiger partial charge in [-0.3, -0.25) is 5.43 Å². The number of thiocarbonyl (C=S) groups is 1. The molecule has 0 aliphatic carbocycles. The molecule has 1 unspecified atom stereocenters. The molecule has 1 N–H and O–H groups in total. The fourth-order valence-corrected chi connectivity index (χ4v) is 3.86. The number of benzene rings is 1. The highest BCUT2D eigenvalue weighted by Crippen LogP contribution is 2.24. The Hall–Kier alpha value is -1.62. The van der Waals surface area contributed by atoms with Crippen LogP contribution in [0, 0.1) is 0 Å². The second kappa shape index (κ2) is 13.5. The van der Waals surface area contributed by atoms with E-state index in [1.54, 1.807) is 12.5 Å². The molecule has 0 saturated heterocycles. The predicted molar refractivity (Wildman–Crippen MR) is 125 cm³/mol. The number of rotatable bonds is 15. The minimum atomic E-state index is -0.0499. The van der Waals surface area contributed by atoms with Crippen LogP contribution in [-0.2, 0) is 0 Å². The third-order valence-electron chi connectivity index (χ3n) is 5.37. The average Bonchev–Trinajstić information content (AvgIpc) is 3.15. The molecule has 1 aromatic rings. The summed E-state index contributed by atoms with van der Waals surface area (Å²) in [4.78, 5) is 2.20. The largest absolute Gasteiger partial charge is 0.497 e. The Morgan fingerprint density at radius 1 is 0.964 bits per heavy atom. The van der Waals surface area contributed by atoms with Crippen molar-refractivity contribution in [2.45, 2.75) is 90.1 Å². The molecule has 28 heavy (non-hydrogen) atoms. The van der Waals surface area contributed by atoms with Crippen LogP contribution in [0.1, 0.15) is 84.0 Å². The number of unbranched alkanes of at least 4 members (excludes halogenated alkanes) is 10. The van der Waals surface area contributed by atoms with Gasteiger partial charge in [-0.25, -0.2) is 0 Å². The first-order valence-corrected chi connectivity index (χ1v) is 11.5. The van der Waals surface area contributed by atoms with Crippen molar-refractivity contribution in [2.24, 2.45) is 5.10 Å². The second-order valence-electron chi connectivity index (χ2n) is 7.59. The molecule has 0 radical (unpaired) electrons. The molecule has 1 aliphatic heterocycles. The SMILES string of the molecule is CCCCCCCCCCCCCC1=NNC(C=S)N1c1ccc(OC)cc1. The Morgan fingerprint density at radius 2 is 1.54 bits per heavy atom. The van der Waals surface area contributed by atoms with Gasteiger partial charge in [-0.1, -0.05) is 83.3 Å². The molecule has 0 saturated carbocycles. The molecule has 4 nitrogen and oxygen atoms in total. The summed E-state index contributed by atoms with van der Waals surface area (Å²) >= 11 is 5.19. The number of ether oxygens (including phenoxy) is 1. The Morgan fingerprint density at radius 3 is 2.07 bits per heavy atom. The normalized spacial score (nSPS) is 16.0. The monoisotopic (exact) mass is 403 g/mol. The van der Waals surface area contributed by atoms with E-state index in [-0.39, 0.29) is 6.17 Å². The maximum Gasteiger partial charge on any atom is 0.150 e.